The molecule has 3 heterocycles. The third kappa shape index (κ3) is 3.38. The topological polar surface area (TPSA) is 66.1 Å². The maximum absolute atomic E-state index is 10.9. The van der Waals surface area contributed by atoms with Crippen molar-refractivity contribution < 1.29 is 9.84 Å². The molecule has 2 aromatic carbocycles. The number of aromatic hydroxyl groups is 1. The average molecular weight is 422 g/mol. The van der Waals surface area contributed by atoms with E-state index in [9.17, 15) is 5.11 Å². The Morgan fingerprint density at radius 2 is 1.73 bits per heavy atom. The van der Waals surface area contributed by atoms with E-state index in [0.29, 0.717) is 4.96 Å². The minimum atomic E-state index is -0.0673. The highest BCUT2D eigenvalue weighted by Crippen LogP contribution is 2.40. The minimum absolute atomic E-state index is 0.0673. The molecule has 1 saturated heterocycles. The van der Waals surface area contributed by atoms with Crippen molar-refractivity contribution in [3.8, 4) is 11.6 Å². The SMILES string of the molecule is COc1ccc([C@H](c2sc3ncnn3c2O)N2CCN(c3ccccc3)CC2)cc1. The molecule has 0 spiro atoms. The summed E-state index contributed by atoms with van der Waals surface area (Å²) in [6, 6.07) is 18.5. The van der Waals surface area contributed by atoms with Gasteiger partial charge < -0.3 is 14.7 Å². The summed E-state index contributed by atoms with van der Waals surface area (Å²) < 4.78 is 6.84. The van der Waals surface area contributed by atoms with Gasteiger partial charge in [0.25, 0.3) is 0 Å². The van der Waals surface area contributed by atoms with Crippen LogP contribution in [0.4, 0.5) is 5.69 Å². The number of benzene rings is 2. The lowest BCUT2D eigenvalue weighted by Crippen LogP contribution is -2.47. The van der Waals surface area contributed by atoms with Gasteiger partial charge in [0.15, 0.2) is 0 Å². The lowest BCUT2D eigenvalue weighted by molar-refractivity contribution is 0.211. The Kier molecular flexibility index (Phi) is 5.02. The fourth-order valence-electron chi connectivity index (χ4n) is 4.06. The number of ether oxygens (including phenoxy) is 1. The van der Waals surface area contributed by atoms with Gasteiger partial charge >= 0.3 is 0 Å². The molecule has 1 atom stereocenters. The molecular weight excluding hydrogens is 398 g/mol. The van der Waals surface area contributed by atoms with Crippen molar-refractivity contribution in [2.24, 2.45) is 0 Å². The van der Waals surface area contributed by atoms with Crippen LogP contribution in [0.5, 0.6) is 11.6 Å². The molecule has 5 rings (SSSR count). The number of hydrogen-bond donors (Lipinski definition) is 1. The second kappa shape index (κ2) is 7.97. The van der Waals surface area contributed by atoms with Crippen LogP contribution in [0, 0.1) is 0 Å². The van der Waals surface area contributed by atoms with Crippen LogP contribution in [-0.4, -0.2) is 57.9 Å². The monoisotopic (exact) mass is 421 g/mol. The molecule has 0 unspecified atom stereocenters. The fraction of sp³-hybridized carbons (Fsp3) is 0.273. The summed E-state index contributed by atoms with van der Waals surface area (Å²) in [6.45, 7) is 3.63. The second-order valence-corrected chi connectivity index (χ2v) is 8.29. The molecule has 1 aliphatic rings. The Labute approximate surface area is 178 Å². The first-order valence-corrected chi connectivity index (χ1v) is 10.8. The highest BCUT2D eigenvalue weighted by Gasteiger charge is 2.31. The molecule has 1 aliphatic heterocycles. The summed E-state index contributed by atoms with van der Waals surface area (Å²) in [5.74, 6) is 0.983. The molecule has 0 bridgehead atoms. The first-order chi connectivity index (χ1) is 14.7. The molecule has 8 heteroatoms. The van der Waals surface area contributed by atoms with Gasteiger partial charge in [-0.05, 0) is 29.8 Å². The quantitative estimate of drug-likeness (QED) is 0.533. The average Bonchev–Trinajstić information content (AvgIpc) is 3.39. The van der Waals surface area contributed by atoms with E-state index in [2.05, 4.69) is 56.3 Å². The Morgan fingerprint density at radius 3 is 2.40 bits per heavy atom. The number of hydrogen-bond acceptors (Lipinski definition) is 7. The number of thiazole rings is 1. The van der Waals surface area contributed by atoms with Crippen molar-refractivity contribution in [3.63, 3.8) is 0 Å². The van der Waals surface area contributed by atoms with Crippen LogP contribution in [0.25, 0.3) is 4.96 Å². The molecular formula is C22H23N5O2S. The van der Waals surface area contributed by atoms with Crippen LogP contribution < -0.4 is 9.64 Å². The van der Waals surface area contributed by atoms with Crippen molar-refractivity contribution in [1.29, 1.82) is 0 Å². The molecule has 1 fully saturated rings. The largest absolute Gasteiger partial charge is 0.497 e. The second-order valence-electron chi connectivity index (χ2n) is 7.28. The summed E-state index contributed by atoms with van der Waals surface area (Å²) >= 11 is 1.49. The van der Waals surface area contributed by atoms with Crippen molar-refractivity contribution in [3.05, 3.63) is 71.4 Å². The predicted molar refractivity (Wildman–Crippen MR) is 118 cm³/mol. The number of aromatic nitrogens is 3. The normalized spacial score (nSPS) is 16.1. The van der Waals surface area contributed by atoms with Crippen molar-refractivity contribution in [2.45, 2.75) is 6.04 Å². The van der Waals surface area contributed by atoms with E-state index in [-0.39, 0.29) is 11.9 Å². The lowest BCUT2D eigenvalue weighted by atomic mass is 10.0. The number of para-hydroxylation sites is 1. The van der Waals surface area contributed by atoms with E-state index in [1.165, 1.54) is 27.9 Å². The summed E-state index contributed by atoms with van der Waals surface area (Å²) in [4.78, 5) is 10.7. The highest BCUT2D eigenvalue weighted by molar-refractivity contribution is 7.17. The summed E-state index contributed by atoms with van der Waals surface area (Å²) in [5.41, 5.74) is 2.36. The van der Waals surface area contributed by atoms with Gasteiger partial charge in [-0.15, -0.1) is 0 Å². The Bertz CT molecular complexity index is 1120. The van der Waals surface area contributed by atoms with Gasteiger partial charge in [0.05, 0.1) is 18.0 Å². The first-order valence-electron chi connectivity index (χ1n) is 9.94. The van der Waals surface area contributed by atoms with Gasteiger partial charge in [-0.25, -0.2) is 4.98 Å². The van der Waals surface area contributed by atoms with Crippen LogP contribution in [0.2, 0.25) is 0 Å². The van der Waals surface area contributed by atoms with E-state index in [1.807, 2.05) is 18.2 Å². The van der Waals surface area contributed by atoms with Gasteiger partial charge in [-0.1, -0.05) is 41.7 Å². The van der Waals surface area contributed by atoms with Gasteiger partial charge in [0.1, 0.15) is 12.1 Å². The first kappa shape index (κ1) is 18.9. The maximum atomic E-state index is 10.9. The Morgan fingerprint density at radius 1 is 1.00 bits per heavy atom. The van der Waals surface area contributed by atoms with Crippen LogP contribution in [0.3, 0.4) is 0 Å². The Hall–Kier alpha value is -3.10. The molecule has 1 N–H and O–H groups in total. The molecule has 30 heavy (non-hydrogen) atoms. The van der Waals surface area contributed by atoms with E-state index < -0.39 is 0 Å². The molecule has 4 aromatic rings. The van der Waals surface area contributed by atoms with Crippen LogP contribution in [0.15, 0.2) is 60.9 Å². The maximum Gasteiger partial charge on any atom is 0.230 e. The van der Waals surface area contributed by atoms with Gasteiger partial charge in [-0.3, -0.25) is 4.90 Å². The van der Waals surface area contributed by atoms with Gasteiger partial charge in [0.2, 0.25) is 10.8 Å². The van der Waals surface area contributed by atoms with Crippen molar-refractivity contribution in [2.75, 3.05) is 38.2 Å². The van der Waals surface area contributed by atoms with Crippen LogP contribution >= 0.6 is 11.3 Å². The number of rotatable bonds is 5. The number of anilines is 1. The molecule has 0 radical (unpaired) electrons. The number of piperazine rings is 1. The molecule has 0 amide bonds. The van der Waals surface area contributed by atoms with Crippen molar-refractivity contribution >= 4 is 22.0 Å². The molecule has 0 saturated carbocycles. The van der Waals surface area contributed by atoms with E-state index in [0.717, 1.165) is 42.4 Å². The third-order valence-corrected chi connectivity index (χ3v) is 6.71. The standard InChI is InChI=1S/C22H23N5O2S/c1-29-18-9-7-16(8-10-18)19(20-21(28)27-22(30-20)23-15-24-27)26-13-11-25(12-14-26)17-5-3-2-4-6-17/h2-10,15,19,28H,11-14H2,1H3/t19-/m1/s1. The van der Waals surface area contributed by atoms with E-state index >= 15 is 0 Å². The van der Waals surface area contributed by atoms with Crippen LogP contribution in [0.1, 0.15) is 16.5 Å². The summed E-state index contributed by atoms with van der Waals surface area (Å²) in [6.07, 6.45) is 1.47. The molecule has 0 aliphatic carbocycles. The predicted octanol–water partition coefficient (Wildman–Crippen LogP) is 3.42. The fourth-order valence-corrected chi connectivity index (χ4v) is 5.15. The van der Waals surface area contributed by atoms with Gasteiger partial charge in [0, 0.05) is 31.9 Å². The highest BCUT2D eigenvalue weighted by atomic mass is 32.1. The van der Waals surface area contributed by atoms with Crippen molar-refractivity contribution in [1.82, 2.24) is 19.5 Å². The lowest BCUT2D eigenvalue weighted by Gasteiger charge is -2.40. The zero-order valence-electron chi connectivity index (χ0n) is 16.7. The van der Waals surface area contributed by atoms with Crippen LogP contribution in [-0.2, 0) is 0 Å². The number of methoxy groups -OCH3 is 1. The summed E-state index contributed by atoms with van der Waals surface area (Å²) in [7, 11) is 1.67. The third-order valence-electron chi connectivity index (χ3n) is 5.62. The molecule has 2 aromatic heterocycles. The number of nitrogens with zero attached hydrogens (tertiary/aromatic N) is 5. The number of fused-ring (bicyclic) bond motifs is 1. The Balaban J connectivity index is 1.47. The summed E-state index contributed by atoms with van der Waals surface area (Å²) in [5, 5.41) is 15.0. The zero-order valence-corrected chi connectivity index (χ0v) is 17.5. The molecule has 7 nitrogen and oxygen atoms in total. The van der Waals surface area contributed by atoms with Gasteiger partial charge in [-0.2, -0.15) is 9.61 Å². The molecule has 154 valence electrons. The minimum Gasteiger partial charge on any atom is -0.497 e. The smallest absolute Gasteiger partial charge is 0.230 e. The zero-order chi connectivity index (χ0) is 20.5. The van der Waals surface area contributed by atoms with E-state index in [1.54, 1.807) is 7.11 Å². The van der Waals surface area contributed by atoms with E-state index in [4.69, 9.17) is 4.74 Å².